The molecule has 0 aromatic heterocycles. The SMILES string of the molecule is CCOC(C)OC1CCC2NC(Cl)CCC2C1. The van der Waals surface area contributed by atoms with Crippen LogP contribution in [0.15, 0.2) is 0 Å². The molecular formula is C13H24ClNO2. The molecule has 0 bridgehead atoms. The summed E-state index contributed by atoms with van der Waals surface area (Å²) < 4.78 is 11.4. The monoisotopic (exact) mass is 261 g/mol. The van der Waals surface area contributed by atoms with Crippen molar-refractivity contribution in [3.63, 3.8) is 0 Å². The van der Waals surface area contributed by atoms with Gasteiger partial charge in [-0.25, -0.2) is 0 Å². The Labute approximate surface area is 109 Å². The van der Waals surface area contributed by atoms with Crippen LogP contribution < -0.4 is 5.32 Å². The molecule has 0 aromatic rings. The molecule has 3 nitrogen and oxygen atoms in total. The highest BCUT2D eigenvalue weighted by molar-refractivity contribution is 6.20. The smallest absolute Gasteiger partial charge is 0.155 e. The van der Waals surface area contributed by atoms with E-state index < -0.39 is 0 Å². The van der Waals surface area contributed by atoms with Gasteiger partial charge in [0.25, 0.3) is 0 Å². The lowest BCUT2D eigenvalue weighted by atomic mass is 9.78. The first kappa shape index (κ1) is 13.6. The van der Waals surface area contributed by atoms with Crippen LogP contribution in [0.25, 0.3) is 0 Å². The van der Waals surface area contributed by atoms with Crippen molar-refractivity contribution in [1.82, 2.24) is 5.32 Å². The van der Waals surface area contributed by atoms with Gasteiger partial charge in [0.15, 0.2) is 6.29 Å². The van der Waals surface area contributed by atoms with Crippen LogP contribution in [0.3, 0.4) is 0 Å². The van der Waals surface area contributed by atoms with E-state index in [0.717, 1.165) is 31.8 Å². The van der Waals surface area contributed by atoms with Gasteiger partial charge in [-0.3, -0.25) is 5.32 Å². The molecule has 0 radical (unpaired) electrons. The van der Waals surface area contributed by atoms with Crippen LogP contribution in [-0.4, -0.2) is 30.5 Å². The summed E-state index contributed by atoms with van der Waals surface area (Å²) in [5, 5.41) is 3.50. The normalized spacial score (nSPS) is 39.7. The van der Waals surface area contributed by atoms with Crippen molar-refractivity contribution in [2.24, 2.45) is 5.92 Å². The van der Waals surface area contributed by atoms with Crippen molar-refractivity contribution in [3.05, 3.63) is 0 Å². The van der Waals surface area contributed by atoms with Crippen LogP contribution in [0.1, 0.15) is 46.0 Å². The number of hydrogen-bond donors (Lipinski definition) is 1. The van der Waals surface area contributed by atoms with Gasteiger partial charge in [-0.1, -0.05) is 0 Å². The fourth-order valence-electron chi connectivity index (χ4n) is 3.10. The Bertz CT molecular complexity index is 239. The number of halogens is 1. The van der Waals surface area contributed by atoms with Gasteiger partial charge in [0.05, 0.1) is 11.6 Å². The molecule has 5 atom stereocenters. The third kappa shape index (κ3) is 3.82. The lowest BCUT2D eigenvalue weighted by molar-refractivity contribution is -0.169. The van der Waals surface area contributed by atoms with Crippen LogP contribution in [0, 0.1) is 5.92 Å². The molecule has 1 saturated carbocycles. The molecule has 0 aromatic carbocycles. The minimum atomic E-state index is -0.0705. The van der Waals surface area contributed by atoms with Gasteiger partial charge in [-0.15, -0.1) is 11.6 Å². The maximum atomic E-state index is 6.14. The Balaban J connectivity index is 1.77. The Morgan fingerprint density at radius 3 is 2.88 bits per heavy atom. The molecule has 2 fully saturated rings. The minimum absolute atomic E-state index is 0.0705. The highest BCUT2D eigenvalue weighted by Crippen LogP contribution is 2.34. The largest absolute Gasteiger partial charge is 0.353 e. The number of rotatable bonds is 4. The number of ether oxygens (including phenoxy) is 2. The standard InChI is InChI=1S/C13H24ClNO2/c1-3-16-9(2)17-11-5-6-12-10(8-11)4-7-13(14)15-12/h9-13,15H,3-8H2,1-2H3. The molecular weight excluding hydrogens is 238 g/mol. The fourth-order valence-corrected chi connectivity index (χ4v) is 3.39. The molecule has 5 unspecified atom stereocenters. The second kappa shape index (κ2) is 6.37. The van der Waals surface area contributed by atoms with E-state index in [1.807, 2.05) is 13.8 Å². The summed E-state index contributed by atoms with van der Waals surface area (Å²) >= 11 is 6.14. The van der Waals surface area contributed by atoms with Crippen molar-refractivity contribution in [1.29, 1.82) is 0 Å². The molecule has 4 heteroatoms. The number of nitrogens with one attached hydrogen (secondary N) is 1. The van der Waals surface area contributed by atoms with E-state index in [2.05, 4.69) is 5.32 Å². The molecule has 0 amide bonds. The van der Waals surface area contributed by atoms with Crippen molar-refractivity contribution in [2.45, 2.75) is 69.9 Å². The van der Waals surface area contributed by atoms with E-state index in [4.69, 9.17) is 21.1 Å². The summed E-state index contributed by atoms with van der Waals surface area (Å²) in [6.45, 7) is 4.71. The van der Waals surface area contributed by atoms with Gasteiger partial charge >= 0.3 is 0 Å². The summed E-state index contributed by atoms with van der Waals surface area (Å²) in [5.74, 6) is 0.734. The second-order valence-electron chi connectivity index (χ2n) is 5.17. The lowest BCUT2D eigenvalue weighted by Crippen LogP contribution is -2.49. The molecule has 0 spiro atoms. The Kier molecular flexibility index (Phi) is 5.10. The zero-order valence-corrected chi connectivity index (χ0v) is 11.6. The molecule has 100 valence electrons. The first-order chi connectivity index (χ1) is 8.19. The molecule has 1 N–H and O–H groups in total. The average molecular weight is 262 g/mol. The van der Waals surface area contributed by atoms with Crippen LogP contribution in [-0.2, 0) is 9.47 Å². The molecule has 17 heavy (non-hydrogen) atoms. The van der Waals surface area contributed by atoms with Gasteiger partial charge in [0.2, 0.25) is 0 Å². The predicted molar refractivity (Wildman–Crippen MR) is 69.1 cm³/mol. The molecule has 2 aliphatic rings. The maximum Gasteiger partial charge on any atom is 0.155 e. The second-order valence-corrected chi connectivity index (χ2v) is 5.70. The summed E-state index contributed by atoms with van der Waals surface area (Å²) in [6, 6.07) is 0.605. The highest BCUT2D eigenvalue weighted by Gasteiger charge is 2.35. The predicted octanol–water partition coefficient (Wildman–Crippen LogP) is 2.87. The minimum Gasteiger partial charge on any atom is -0.353 e. The van der Waals surface area contributed by atoms with Crippen LogP contribution in [0.4, 0.5) is 0 Å². The maximum absolute atomic E-state index is 6.14. The Hall–Kier alpha value is 0.170. The van der Waals surface area contributed by atoms with Crippen LogP contribution in [0.2, 0.25) is 0 Å². The number of alkyl halides is 1. The number of piperidine rings is 1. The third-order valence-corrected chi connectivity index (χ3v) is 4.25. The third-order valence-electron chi connectivity index (χ3n) is 3.91. The zero-order valence-electron chi connectivity index (χ0n) is 10.8. The van der Waals surface area contributed by atoms with E-state index >= 15 is 0 Å². The zero-order chi connectivity index (χ0) is 12.3. The van der Waals surface area contributed by atoms with E-state index in [1.165, 1.54) is 12.8 Å². The van der Waals surface area contributed by atoms with Gasteiger partial charge < -0.3 is 9.47 Å². The molecule has 1 heterocycles. The van der Waals surface area contributed by atoms with Crippen molar-refractivity contribution < 1.29 is 9.47 Å². The fraction of sp³-hybridized carbons (Fsp3) is 1.00. The Morgan fingerprint density at radius 1 is 1.29 bits per heavy atom. The first-order valence-electron chi connectivity index (χ1n) is 6.86. The summed E-state index contributed by atoms with van der Waals surface area (Å²) in [5.41, 5.74) is 0.177. The van der Waals surface area contributed by atoms with Crippen molar-refractivity contribution in [3.8, 4) is 0 Å². The van der Waals surface area contributed by atoms with E-state index in [0.29, 0.717) is 12.1 Å². The van der Waals surface area contributed by atoms with Gasteiger partial charge in [-0.05, 0) is 51.9 Å². The molecule has 2 rings (SSSR count). The summed E-state index contributed by atoms with van der Waals surface area (Å²) in [4.78, 5) is 0. The van der Waals surface area contributed by atoms with Gasteiger partial charge in [0, 0.05) is 12.6 Å². The summed E-state index contributed by atoms with van der Waals surface area (Å²) in [7, 11) is 0. The quantitative estimate of drug-likeness (QED) is 0.480. The topological polar surface area (TPSA) is 30.5 Å². The van der Waals surface area contributed by atoms with E-state index in [-0.39, 0.29) is 11.8 Å². The van der Waals surface area contributed by atoms with E-state index in [9.17, 15) is 0 Å². The molecule has 1 saturated heterocycles. The van der Waals surface area contributed by atoms with Crippen molar-refractivity contribution >= 4 is 11.6 Å². The first-order valence-corrected chi connectivity index (χ1v) is 7.30. The molecule has 1 aliphatic heterocycles. The Morgan fingerprint density at radius 2 is 2.12 bits per heavy atom. The van der Waals surface area contributed by atoms with Crippen LogP contribution in [0.5, 0.6) is 0 Å². The average Bonchev–Trinajstić information content (AvgIpc) is 2.29. The van der Waals surface area contributed by atoms with E-state index in [1.54, 1.807) is 0 Å². The van der Waals surface area contributed by atoms with Gasteiger partial charge in [0.1, 0.15) is 0 Å². The van der Waals surface area contributed by atoms with Crippen molar-refractivity contribution in [2.75, 3.05) is 6.61 Å². The highest BCUT2D eigenvalue weighted by atomic mass is 35.5. The summed E-state index contributed by atoms with van der Waals surface area (Å²) in [6.07, 6.45) is 6.06. The van der Waals surface area contributed by atoms with Crippen LogP contribution >= 0.6 is 11.6 Å². The van der Waals surface area contributed by atoms with Gasteiger partial charge in [-0.2, -0.15) is 0 Å². The number of hydrogen-bond acceptors (Lipinski definition) is 3. The molecule has 1 aliphatic carbocycles. The number of fused-ring (bicyclic) bond motifs is 1. The lowest BCUT2D eigenvalue weighted by Gasteiger charge is -2.41.